The van der Waals surface area contributed by atoms with Crippen molar-refractivity contribution in [1.29, 1.82) is 0 Å². The largest absolute Gasteiger partial charge is 0.480 e. The molecular formula is C25H29N3O5. The Kier molecular flexibility index (Phi) is 7.84. The van der Waals surface area contributed by atoms with Gasteiger partial charge >= 0.3 is 12.1 Å². The summed E-state index contributed by atoms with van der Waals surface area (Å²) in [6, 6.07) is 15.1. The summed E-state index contributed by atoms with van der Waals surface area (Å²) in [5.41, 5.74) is 4.42. The lowest BCUT2D eigenvalue weighted by Gasteiger charge is -2.27. The number of ether oxygens (including phenoxy) is 1. The molecule has 2 N–H and O–H groups in total. The van der Waals surface area contributed by atoms with Crippen LogP contribution >= 0.6 is 0 Å². The van der Waals surface area contributed by atoms with E-state index in [0.717, 1.165) is 27.2 Å². The van der Waals surface area contributed by atoms with E-state index in [-0.39, 0.29) is 25.6 Å². The Hall–Kier alpha value is -3.65. The minimum atomic E-state index is -1.14. The van der Waals surface area contributed by atoms with Crippen molar-refractivity contribution < 1.29 is 24.2 Å². The summed E-state index contributed by atoms with van der Waals surface area (Å²) in [6.45, 7) is 3.45. The molecule has 0 bridgehead atoms. The Morgan fingerprint density at radius 1 is 1.09 bits per heavy atom. The topological polar surface area (TPSA) is 99.2 Å². The second-order valence-corrected chi connectivity index (χ2v) is 8.19. The van der Waals surface area contributed by atoms with Crippen molar-refractivity contribution in [2.24, 2.45) is 0 Å². The van der Waals surface area contributed by atoms with Crippen molar-refractivity contribution in [3.63, 3.8) is 0 Å². The first-order valence-electron chi connectivity index (χ1n) is 10.7. The Morgan fingerprint density at radius 2 is 1.67 bits per heavy atom. The zero-order valence-electron chi connectivity index (χ0n) is 18.9. The molecule has 0 spiro atoms. The van der Waals surface area contributed by atoms with Gasteiger partial charge in [0.05, 0.1) is 0 Å². The molecule has 0 fully saturated rings. The number of nitrogens with one attached hydrogen (secondary N) is 1. The predicted molar refractivity (Wildman–Crippen MR) is 125 cm³/mol. The maximum Gasteiger partial charge on any atom is 0.407 e. The molecule has 1 atom stereocenters. The summed E-state index contributed by atoms with van der Waals surface area (Å²) in [5, 5.41) is 11.7. The Morgan fingerprint density at radius 3 is 2.18 bits per heavy atom. The standard InChI is InChI=1S/C25H29N3O5/c1-4-13-28(15-23(29)30)24(31)22(14-27(2)3)26-25(32)33-16-21-19-11-7-5-9-17(19)18-10-6-8-12-20(18)21/h4-12,21-22H,1,13-16H2,2-3H3,(H,26,32)(H,29,30)/t22-/m0/s1. The summed E-state index contributed by atoms with van der Waals surface area (Å²) >= 11 is 0. The molecule has 3 rings (SSSR count). The number of carboxylic acids is 1. The van der Waals surface area contributed by atoms with Crippen LogP contribution in [0, 0.1) is 0 Å². The Balaban J connectivity index is 1.70. The van der Waals surface area contributed by atoms with Crippen molar-refractivity contribution in [2.45, 2.75) is 12.0 Å². The van der Waals surface area contributed by atoms with Gasteiger partial charge in [0.25, 0.3) is 0 Å². The van der Waals surface area contributed by atoms with Gasteiger partial charge in [-0.1, -0.05) is 54.6 Å². The third-order valence-corrected chi connectivity index (χ3v) is 5.47. The van der Waals surface area contributed by atoms with Gasteiger partial charge in [-0.3, -0.25) is 9.59 Å². The number of carbonyl (C=O) groups excluding carboxylic acids is 2. The van der Waals surface area contributed by atoms with Crippen molar-refractivity contribution in [3.05, 3.63) is 72.3 Å². The highest BCUT2D eigenvalue weighted by atomic mass is 16.5. The fourth-order valence-electron chi connectivity index (χ4n) is 4.10. The van der Waals surface area contributed by atoms with Crippen LogP contribution in [0.25, 0.3) is 11.1 Å². The molecule has 0 aliphatic heterocycles. The predicted octanol–water partition coefficient (Wildman–Crippen LogP) is 2.55. The fraction of sp³-hybridized carbons (Fsp3) is 0.320. The lowest BCUT2D eigenvalue weighted by atomic mass is 9.98. The average molecular weight is 452 g/mol. The number of rotatable bonds is 10. The van der Waals surface area contributed by atoms with Crippen LogP contribution in [0.2, 0.25) is 0 Å². The van der Waals surface area contributed by atoms with Crippen LogP contribution in [0.15, 0.2) is 61.2 Å². The zero-order chi connectivity index (χ0) is 24.0. The van der Waals surface area contributed by atoms with Crippen molar-refractivity contribution in [1.82, 2.24) is 15.1 Å². The third-order valence-electron chi connectivity index (χ3n) is 5.47. The van der Waals surface area contributed by atoms with E-state index in [9.17, 15) is 14.4 Å². The molecule has 0 saturated heterocycles. The number of aliphatic carboxylic acids is 1. The molecule has 2 amide bonds. The fourth-order valence-corrected chi connectivity index (χ4v) is 4.10. The number of likely N-dealkylation sites (N-methyl/N-ethyl adjacent to an activating group) is 1. The number of fused-ring (bicyclic) bond motifs is 3. The first-order valence-corrected chi connectivity index (χ1v) is 10.7. The van der Waals surface area contributed by atoms with Gasteiger partial charge in [0.2, 0.25) is 5.91 Å². The zero-order valence-corrected chi connectivity index (χ0v) is 18.9. The average Bonchev–Trinajstić information content (AvgIpc) is 3.09. The minimum Gasteiger partial charge on any atom is -0.480 e. The normalized spacial score (nSPS) is 13.1. The van der Waals surface area contributed by atoms with Crippen LogP contribution in [-0.2, 0) is 14.3 Å². The number of amides is 2. The highest BCUT2D eigenvalue weighted by Crippen LogP contribution is 2.44. The summed E-state index contributed by atoms with van der Waals surface area (Å²) in [7, 11) is 3.52. The first-order chi connectivity index (χ1) is 15.8. The van der Waals surface area contributed by atoms with E-state index in [1.165, 1.54) is 6.08 Å². The van der Waals surface area contributed by atoms with Gasteiger partial charge < -0.3 is 25.0 Å². The summed E-state index contributed by atoms with van der Waals surface area (Å²) in [4.78, 5) is 39.6. The molecular weight excluding hydrogens is 422 g/mol. The molecule has 2 aromatic carbocycles. The van der Waals surface area contributed by atoms with Crippen LogP contribution in [0.5, 0.6) is 0 Å². The molecule has 174 valence electrons. The van der Waals surface area contributed by atoms with Crippen LogP contribution < -0.4 is 5.32 Å². The van der Waals surface area contributed by atoms with E-state index in [1.807, 2.05) is 36.4 Å². The molecule has 1 aliphatic carbocycles. The number of carbonyl (C=O) groups is 3. The number of nitrogens with zero attached hydrogens (tertiary/aromatic N) is 2. The van der Waals surface area contributed by atoms with Gasteiger partial charge in [-0.2, -0.15) is 0 Å². The molecule has 8 nitrogen and oxygen atoms in total. The van der Waals surface area contributed by atoms with Crippen LogP contribution in [-0.4, -0.2) is 79.3 Å². The maximum absolute atomic E-state index is 12.9. The molecule has 0 aromatic heterocycles. The SMILES string of the molecule is C=CCN(CC(=O)O)C(=O)[C@H](CN(C)C)NC(=O)OCC1c2ccccc2-c2ccccc21. The van der Waals surface area contributed by atoms with Crippen LogP contribution in [0.3, 0.4) is 0 Å². The van der Waals surface area contributed by atoms with Crippen molar-refractivity contribution in [2.75, 3.05) is 40.3 Å². The van der Waals surface area contributed by atoms with E-state index in [4.69, 9.17) is 9.84 Å². The summed E-state index contributed by atoms with van der Waals surface area (Å²) < 4.78 is 5.55. The Bertz CT molecular complexity index is 991. The summed E-state index contributed by atoms with van der Waals surface area (Å²) in [5.74, 6) is -1.76. The number of hydrogen-bond acceptors (Lipinski definition) is 5. The highest BCUT2D eigenvalue weighted by molar-refractivity contribution is 5.88. The van der Waals surface area contributed by atoms with Gasteiger partial charge in [0.1, 0.15) is 19.2 Å². The van der Waals surface area contributed by atoms with Gasteiger partial charge in [-0.25, -0.2) is 4.79 Å². The second-order valence-electron chi connectivity index (χ2n) is 8.19. The minimum absolute atomic E-state index is 0.0570. The van der Waals surface area contributed by atoms with Crippen molar-refractivity contribution in [3.8, 4) is 11.1 Å². The number of benzene rings is 2. The van der Waals surface area contributed by atoms with E-state index < -0.39 is 30.6 Å². The molecule has 2 aromatic rings. The quantitative estimate of drug-likeness (QED) is 0.539. The second kappa shape index (κ2) is 10.8. The molecule has 0 heterocycles. The number of carboxylic acid groups (broad SMARTS) is 1. The lowest BCUT2D eigenvalue weighted by Crippen LogP contribution is -2.54. The first kappa shape index (κ1) is 24.0. The summed E-state index contributed by atoms with van der Waals surface area (Å²) in [6.07, 6.45) is 0.715. The molecule has 33 heavy (non-hydrogen) atoms. The molecule has 8 heteroatoms. The molecule has 0 unspecified atom stereocenters. The van der Waals surface area contributed by atoms with E-state index in [2.05, 4.69) is 24.0 Å². The monoisotopic (exact) mass is 451 g/mol. The molecule has 0 radical (unpaired) electrons. The van der Waals surface area contributed by atoms with Crippen LogP contribution in [0.4, 0.5) is 4.79 Å². The third kappa shape index (κ3) is 5.78. The number of hydrogen-bond donors (Lipinski definition) is 2. The van der Waals surface area contributed by atoms with E-state index >= 15 is 0 Å². The van der Waals surface area contributed by atoms with Gasteiger partial charge in [-0.05, 0) is 36.3 Å². The molecule has 0 saturated carbocycles. The lowest BCUT2D eigenvalue weighted by molar-refractivity contribution is -0.145. The number of alkyl carbamates (subject to hydrolysis) is 1. The van der Waals surface area contributed by atoms with Gasteiger partial charge in [0, 0.05) is 19.0 Å². The van der Waals surface area contributed by atoms with Gasteiger partial charge in [-0.15, -0.1) is 6.58 Å². The smallest absolute Gasteiger partial charge is 0.407 e. The maximum atomic E-state index is 12.9. The molecule has 1 aliphatic rings. The van der Waals surface area contributed by atoms with Gasteiger partial charge in [0.15, 0.2) is 0 Å². The Labute approximate surface area is 193 Å². The van der Waals surface area contributed by atoms with E-state index in [0.29, 0.717) is 0 Å². The highest BCUT2D eigenvalue weighted by Gasteiger charge is 2.31. The van der Waals surface area contributed by atoms with Crippen LogP contribution in [0.1, 0.15) is 17.0 Å². The van der Waals surface area contributed by atoms with Crippen molar-refractivity contribution >= 4 is 18.0 Å². The van der Waals surface area contributed by atoms with E-state index in [1.54, 1.807) is 19.0 Å².